The Morgan fingerprint density at radius 1 is 1.21 bits per heavy atom. The molecule has 1 fully saturated rings. The first-order chi connectivity index (χ1) is 14.2. The van der Waals surface area contributed by atoms with Crippen LogP contribution in [0.5, 0.6) is 0 Å². The summed E-state index contributed by atoms with van der Waals surface area (Å²) < 4.78 is 0. The summed E-state index contributed by atoms with van der Waals surface area (Å²) in [7, 11) is 0. The van der Waals surface area contributed by atoms with Gasteiger partial charge in [0.15, 0.2) is 0 Å². The molecule has 0 unspecified atom stereocenters. The van der Waals surface area contributed by atoms with Crippen LogP contribution >= 0.6 is 11.8 Å². The molecule has 1 saturated heterocycles. The molecule has 148 valence electrons. The molecule has 2 aliphatic rings. The quantitative estimate of drug-likeness (QED) is 0.766. The predicted molar refractivity (Wildman–Crippen MR) is 113 cm³/mol. The number of rotatable bonds is 5. The molecule has 0 atom stereocenters. The first kappa shape index (κ1) is 19.5. The van der Waals surface area contributed by atoms with Crippen LogP contribution in [-0.2, 0) is 22.4 Å². The van der Waals surface area contributed by atoms with E-state index in [0.29, 0.717) is 29.2 Å². The van der Waals surface area contributed by atoms with Crippen molar-refractivity contribution >= 4 is 35.0 Å². The number of nitriles is 1. The number of thioether (sulfide) groups is 1. The van der Waals surface area contributed by atoms with Gasteiger partial charge in [0, 0.05) is 18.7 Å². The molecule has 1 aromatic carbocycles. The fourth-order valence-electron chi connectivity index (χ4n) is 3.84. The zero-order chi connectivity index (χ0) is 20.2. The monoisotopic (exact) mass is 406 g/mol. The van der Waals surface area contributed by atoms with Crippen molar-refractivity contribution in [3.8, 4) is 6.07 Å². The molecule has 1 aliphatic heterocycles. The Balaban J connectivity index is 1.45. The van der Waals surface area contributed by atoms with E-state index in [2.05, 4.69) is 16.4 Å². The largest absolute Gasteiger partial charge is 0.324 e. The normalized spacial score (nSPS) is 15.7. The number of fused-ring (bicyclic) bond motifs is 1. The average molecular weight is 407 g/mol. The van der Waals surface area contributed by atoms with Gasteiger partial charge in [-0.15, -0.1) is 0 Å². The fraction of sp³-hybridized carbons (Fsp3) is 0.364. The Hall–Kier alpha value is -2.85. The number of hydrogen-bond acceptors (Lipinski definition) is 5. The highest BCUT2D eigenvalue weighted by Gasteiger charge is 2.24. The lowest BCUT2D eigenvalue weighted by Gasteiger charge is -2.20. The Morgan fingerprint density at radius 3 is 2.83 bits per heavy atom. The number of nitrogens with zero attached hydrogens (tertiary/aromatic N) is 3. The van der Waals surface area contributed by atoms with Gasteiger partial charge in [0.1, 0.15) is 11.1 Å². The topological polar surface area (TPSA) is 86.1 Å². The zero-order valence-corrected chi connectivity index (χ0v) is 16.9. The van der Waals surface area contributed by atoms with E-state index in [9.17, 15) is 14.9 Å². The van der Waals surface area contributed by atoms with Crippen LogP contribution in [0.25, 0.3) is 0 Å². The van der Waals surface area contributed by atoms with Gasteiger partial charge in [0.25, 0.3) is 0 Å². The number of aromatic nitrogens is 1. The molecule has 0 bridgehead atoms. The Labute approximate surface area is 174 Å². The second-order valence-electron chi connectivity index (χ2n) is 7.27. The van der Waals surface area contributed by atoms with Crippen LogP contribution in [0.3, 0.4) is 0 Å². The molecule has 6 nitrogen and oxygen atoms in total. The maximum Gasteiger partial charge on any atom is 0.234 e. The lowest BCUT2D eigenvalue weighted by molar-refractivity contribution is -0.117. The van der Waals surface area contributed by atoms with E-state index in [0.717, 1.165) is 49.0 Å². The summed E-state index contributed by atoms with van der Waals surface area (Å²) in [5.74, 6) is 0.0541. The van der Waals surface area contributed by atoms with Crippen LogP contribution in [0.1, 0.15) is 42.5 Å². The second-order valence-corrected chi connectivity index (χ2v) is 8.23. The number of carbonyl (C=O) groups is 2. The summed E-state index contributed by atoms with van der Waals surface area (Å²) in [5.41, 5.74) is 4.11. The van der Waals surface area contributed by atoms with E-state index in [-0.39, 0.29) is 17.6 Å². The van der Waals surface area contributed by atoms with Crippen molar-refractivity contribution in [3.05, 3.63) is 47.2 Å². The van der Waals surface area contributed by atoms with Crippen LogP contribution in [0.2, 0.25) is 0 Å². The number of pyridine rings is 1. The summed E-state index contributed by atoms with van der Waals surface area (Å²) >= 11 is 1.28. The molecule has 0 radical (unpaired) electrons. The minimum Gasteiger partial charge on any atom is -0.324 e. The Kier molecular flexibility index (Phi) is 5.81. The van der Waals surface area contributed by atoms with Crippen molar-refractivity contribution in [2.24, 2.45) is 0 Å². The molecule has 4 rings (SSSR count). The highest BCUT2D eigenvalue weighted by Crippen LogP contribution is 2.30. The number of para-hydroxylation sites is 2. The molecule has 7 heteroatoms. The molecule has 0 spiro atoms. The van der Waals surface area contributed by atoms with Crippen LogP contribution in [0.4, 0.5) is 11.4 Å². The highest BCUT2D eigenvalue weighted by atomic mass is 32.2. The fourth-order valence-corrected chi connectivity index (χ4v) is 4.62. The van der Waals surface area contributed by atoms with Gasteiger partial charge < -0.3 is 10.2 Å². The van der Waals surface area contributed by atoms with Crippen LogP contribution in [0.15, 0.2) is 35.4 Å². The van der Waals surface area contributed by atoms with Gasteiger partial charge in [-0.1, -0.05) is 23.9 Å². The molecule has 2 heterocycles. The number of anilines is 2. The molecule has 1 N–H and O–H groups in total. The number of hydrogen-bond donors (Lipinski definition) is 1. The molecular weight excluding hydrogens is 384 g/mol. The second kappa shape index (κ2) is 8.66. The summed E-state index contributed by atoms with van der Waals surface area (Å²) in [4.78, 5) is 31.0. The number of aryl methyl sites for hydroxylation is 2. The van der Waals surface area contributed by atoms with Gasteiger partial charge in [-0.2, -0.15) is 5.26 Å². The summed E-state index contributed by atoms with van der Waals surface area (Å²) in [6.45, 7) is 0.672. The third-order valence-electron chi connectivity index (χ3n) is 5.27. The third-order valence-corrected chi connectivity index (χ3v) is 6.26. The number of amides is 2. The molecule has 1 aliphatic carbocycles. The molecular formula is C22H22N4O2S. The molecule has 1 aromatic heterocycles. The van der Waals surface area contributed by atoms with Gasteiger partial charge >= 0.3 is 0 Å². The summed E-state index contributed by atoms with van der Waals surface area (Å²) in [6, 6.07) is 11.5. The van der Waals surface area contributed by atoms with E-state index >= 15 is 0 Å². The van der Waals surface area contributed by atoms with E-state index in [1.165, 1.54) is 11.8 Å². The zero-order valence-electron chi connectivity index (χ0n) is 16.1. The first-order valence-electron chi connectivity index (χ1n) is 9.90. The van der Waals surface area contributed by atoms with Crippen LogP contribution in [0, 0.1) is 11.3 Å². The van der Waals surface area contributed by atoms with E-state index < -0.39 is 0 Å². The van der Waals surface area contributed by atoms with Crippen LogP contribution in [-0.4, -0.2) is 29.1 Å². The van der Waals surface area contributed by atoms with Gasteiger partial charge in [-0.3, -0.25) is 9.59 Å². The van der Waals surface area contributed by atoms with E-state index in [4.69, 9.17) is 0 Å². The molecule has 2 amide bonds. The first-order valence-corrected chi connectivity index (χ1v) is 10.9. The average Bonchev–Trinajstić information content (AvgIpc) is 3.17. The lowest BCUT2D eigenvalue weighted by atomic mass is 9.95. The SMILES string of the molecule is N#Cc1cc2c(nc1SCC(=O)Nc1ccccc1N1CCCC1=O)CCCC2. The van der Waals surface area contributed by atoms with Gasteiger partial charge in [-0.05, 0) is 55.9 Å². The van der Waals surface area contributed by atoms with Gasteiger partial charge in [0.05, 0.1) is 22.7 Å². The maximum absolute atomic E-state index is 12.6. The standard InChI is InChI=1S/C22H22N4O2S/c23-13-16-12-15-6-1-2-7-17(15)25-22(16)29-14-20(27)24-18-8-3-4-9-19(18)26-11-5-10-21(26)28/h3-4,8-9,12H,1-2,5-7,10-11,14H2,(H,24,27). The van der Waals surface area contributed by atoms with Crippen molar-refractivity contribution in [2.75, 3.05) is 22.5 Å². The van der Waals surface area contributed by atoms with Gasteiger partial charge in [0.2, 0.25) is 11.8 Å². The van der Waals surface area contributed by atoms with Crippen molar-refractivity contribution in [1.82, 2.24) is 4.98 Å². The van der Waals surface area contributed by atoms with E-state index in [1.807, 2.05) is 24.3 Å². The molecule has 2 aromatic rings. The highest BCUT2D eigenvalue weighted by molar-refractivity contribution is 8.00. The Morgan fingerprint density at radius 2 is 2.03 bits per heavy atom. The van der Waals surface area contributed by atoms with Crippen molar-refractivity contribution < 1.29 is 9.59 Å². The van der Waals surface area contributed by atoms with Crippen molar-refractivity contribution in [2.45, 2.75) is 43.6 Å². The number of carbonyl (C=O) groups excluding carboxylic acids is 2. The summed E-state index contributed by atoms with van der Waals surface area (Å²) in [6.07, 6.45) is 5.51. The van der Waals surface area contributed by atoms with Crippen molar-refractivity contribution in [3.63, 3.8) is 0 Å². The minimum absolute atomic E-state index is 0.0815. The van der Waals surface area contributed by atoms with Crippen LogP contribution < -0.4 is 10.2 Å². The maximum atomic E-state index is 12.6. The Bertz CT molecular complexity index is 999. The van der Waals surface area contributed by atoms with E-state index in [1.54, 1.807) is 11.0 Å². The van der Waals surface area contributed by atoms with Crippen molar-refractivity contribution in [1.29, 1.82) is 5.26 Å². The lowest BCUT2D eigenvalue weighted by Crippen LogP contribution is -2.26. The minimum atomic E-state index is -0.183. The number of benzene rings is 1. The number of nitrogens with one attached hydrogen (secondary N) is 1. The molecule has 0 saturated carbocycles. The third kappa shape index (κ3) is 4.28. The summed E-state index contributed by atoms with van der Waals surface area (Å²) in [5, 5.41) is 13.0. The molecule has 29 heavy (non-hydrogen) atoms. The smallest absolute Gasteiger partial charge is 0.234 e. The van der Waals surface area contributed by atoms with Gasteiger partial charge in [-0.25, -0.2) is 4.98 Å². The predicted octanol–water partition coefficient (Wildman–Crippen LogP) is 3.69.